The average molecular weight is 186 g/mol. The maximum atomic E-state index is 10.6. The Balaban J connectivity index is 2.54. The van der Waals surface area contributed by atoms with Gasteiger partial charge in [-0.05, 0) is 24.7 Å². The zero-order chi connectivity index (χ0) is 10.1. The molecule has 2 atom stereocenters. The fourth-order valence-corrected chi connectivity index (χ4v) is 1.62. The van der Waals surface area contributed by atoms with E-state index >= 15 is 0 Å². The summed E-state index contributed by atoms with van der Waals surface area (Å²) < 4.78 is 5.48. The summed E-state index contributed by atoms with van der Waals surface area (Å²) in [6.07, 6.45) is 2.08. The predicted octanol–water partition coefficient (Wildman–Crippen LogP) is 2.05. The summed E-state index contributed by atoms with van der Waals surface area (Å²) in [5.41, 5.74) is 0.101. The molecule has 0 amide bonds. The largest absolute Gasteiger partial charge is 0.479 e. The van der Waals surface area contributed by atoms with Gasteiger partial charge in [-0.15, -0.1) is 0 Å². The van der Waals surface area contributed by atoms with Crippen molar-refractivity contribution in [1.82, 2.24) is 0 Å². The summed E-state index contributed by atoms with van der Waals surface area (Å²) in [6, 6.07) is 0. The quantitative estimate of drug-likeness (QED) is 0.733. The van der Waals surface area contributed by atoms with Gasteiger partial charge in [-0.1, -0.05) is 20.8 Å². The first-order valence-corrected chi connectivity index (χ1v) is 4.85. The lowest BCUT2D eigenvalue weighted by atomic mass is 9.82. The maximum Gasteiger partial charge on any atom is 0.332 e. The van der Waals surface area contributed by atoms with Crippen LogP contribution in [-0.4, -0.2) is 23.3 Å². The molecule has 0 bridgehead atoms. The predicted molar refractivity (Wildman–Crippen MR) is 49.6 cm³/mol. The van der Waals surface area contributed by atoms with Gasteiger partial charge in [0.1, 0.15) is 0 Å². The third kappa shape index (κ3) is 2.21. The van der Waals surface area contributed by atoms with Crippen LogP contribution in [0.3, 0.4) is 0 Å². The Morgan fingerprint density at radius 1 is 1.54 bits per heavy atom. The van der Waals surface area contributed by atoms with Crippen molar-refractivity contribution in [3.8, 4) is 0 Å². The van der Waals surface area contributed by atoms with Gasteiger partial charge in [0.2, 0.25) is 0 Å². The highest BCUT2D eigenvalue weighted by Crippen LogP contribution is 2.36. The van der Waals surface area contributed by atoms with Crippen molar-refractivity contribution < 1.29 is 14.6 Å². The third-order valence-electron chi connectivity index (χ3n) is 3.08. The minimum absolute atomic E-state index is 0.101. The standard InChI is InChI=1S/C10H18O3/c1-4-10(2,3)8-6-5-7(13-8)9(11)12/h7-8H,4-6H2,1-3H3,(H,11,12). The van der Waals surface area contributed by atoms with E-state index in [1.165, 1.54) is 0 Å². The van der Waals surface area contributed by atoms with Crippen molar-refractivity contribution in [2.45, 2.75) is 52.2 Å². The van der Waals surface area contributed by atoms with Crippen molar-refractivity contribution in [3.05, 3.63) is 0 Å². The second kappa shape index (κ2) is 3.66. The van der Waals surface area contributed by atoms with Crippen molar-refractivity contribution in [2.24, 2.45) is 5.41 Å². The first-order chi connectivity index (χ1) is 5.97. The first-order valence-electron chi connectivity index (χ1n) is 4.85. The molecule has 0 radical (unpaired) electrons. The average Bonchev–Trinajstić information content (AvgIpc) is 2.52. The highest BCUT2D eigenvalue weighted by molar-refractivity contribution is 5.72. The van der Waals surface area contributed by atoms with Crippen molar-refractivity contribution >= 4 is 5.97 Å². The topological polar surface area (TPSA) is 46.5 Å². The lowest BCUT2D eigenvalue weighted by Crippen LogP contribution is -2.30. The van der Waals surface area contributed by atoms with Gasteiger partial charge in [-0.3, -0.25) is 0 Å². The van der Waals surface area contributed by atoms with Gasteiger partial charge in [0.25, 0.3) is 0 Å². The summed E-state index contributed by atoms with van der Waals surface area (Å²) in [6.45, 7) is 6.36. The van der Waals surface area contributed by atoms with Crippen LogP contribution in [0.2, 0.25) is 0 Å². The molecule has 0 saturated carbocycles. The van der Waals surface area contributed by atoms with Gasteiger partial charge in [-0.2, -0.15) is 0 Å². The van der Waals surface area contributed by atoms with Crippen LogP contribution in [0, 0.1) is 5.41 Å². The molecule has 76 valence electrons. The van der Waals surface area contributed by atoms with Gasteiger partial charge < -0.3 is 9.84 Å². The van der Waals surface area contributed by atoms with E-state index in [0.717, 1.165) is 12.8 Å². The summed E-state index contributed by atoms with van der Waals surface area (Å²) >= 11 is 0. The summed E-state index contributed by atoms with van der Waals surface area (Å²) in [4.78, 5) is 10.6. The van der Waals surface area contributed by atoms with E-state index in [0.29, 0.717) is 6.42 Å². The minimum atomic E-state index is -0.825. The SMILES string of the molecule is CCC(C)(C)C1CCC(C(=O)O)O1. The second-order valence-electron chi connectivity index (χ2n) is 4.37. The first kappa shape index (κ1) is 10.5. The molecule has 0 spiro atoms. The molecule has 1 saturated heterocycles. The Morgan fingerprint density at radius 2 is 2.15 bits per heavy atom. The molecule has 1 aliphatic heterocycles. The molecule has 3 heteroatoms. The number of carboxylic acids is 1. The molecule has 3 nitrogen and oxygen atoms in total. The zero-order valence-corrected chi connectivity index (χ0v) is 8.54. The number of carboxylic acid groups (broad SMARTS) is 1. The van der Waals surface area contributed by atoms with Crippen LogP contribution in [0.15, 0.2) is 0 Å². The molecule has 0 aromatic heterocycles. The molecule has 2 unspecified atom stereocenters. The maximum absolute atomic E-state index is 10.6. The monoisotopic (exact) mass is 186 g/mol. The lowest BCUT2D eigenvalue weighted by molar-refractivity contribution is -0.152. The number of hydrogen-bond donors (Lipinski definition) is 1. The highest BCUT2D eigenvalue weighted by Gasteiger charge is 2.38. The molecule has 0 aromatic rings. The molecular weight excluding hydrogens is 168 g/mol. The van der Waals surface area contributed by atoms with Gasteiger partial charge in [0, 0.05) is 0 Å². The minimum Gasteiger partial charge on any atom is -0.479 e. The summed E-state index contributed by atoms with van der Waals surface area (Å²) in [5.74, 6) is -0.825. The Morgan fingerprint density at radius 3 is 2.54 bits per heavy atom. The Kier molecular flexibility index (Phi) is 2.96. The van der Waals surface area contributed by atoms with E-state index in [2.05, 4.69) is 20.8 Å². The van der Waals surface area contributed by atoms with Crippen LogP contribution in [0.4, 0.5) is 0 Å². The highest BCUT2D eigenvalue weighted by atomic mass is 16.5. The van der Waals surface area contributed by atoms with Crippen LogP contribution in [0.5, 0.6) is 0 Å². The van der Waals surface area contributed by atoms with Gasteiger partial charge in [0.05, 0.1) is 6.10 Å². The van der Waals surface area contributed by atoms with E-state index in [4.69, 9.17) is 9.84 Å². The molecule has 1 N–H and O–H groups in total. The lowest BCUT2D eigenvalue weighted by Gasteiger charge is -2.29. The number of rotatable bonds is 3. The number of ether oxygens (including phenoxy) is 1. The van der Waals surface area contributed by atoms with Gasteiger partial charge >= 0.3 is 5.97 Å². The van der Waals surface area contributed by atoms with E-state index in [1.54, 1.807) is 0 Å². The van der Waals surface area contributed by atoms with Crippen molar-refractivity contribution in [2.75, 3.05) is 0 Å². The van der Waals surface area contributed by atoms with Crippen LogP contribution in [0.25, 0.3) is 0 Å². The Hall–Kier alpha value is -0.570. The number of aliphatic carboxylic acids is 1. The summed E-state index contributed by atoms with van der Waals surface area (Å²) in [7, 11) is 0. The van der Waals surface area contributed by atoms with Gasteiger partial charge in [0.15, 0.2) is 6.10 Å². The molecular formula is C10H18O3. The van der Waals surface area contributed by atoms with Crippen LogP contribution in [0.1, 0.15) is 40.0 Å². The molecule has 0 aromatic carbocycles. The van der Waals surface area contributed by atoms with Gasteiger partial charge in [-0.25, -0.2) is 4.79 Å². The molecule has 1 fully saturated rings. The van der Waals surface area contributed by atoms with Crippen LogP contribution >= 0.6 is 0 Å². The Bertz CT molecular complexity index is 198. The number of hydrogen-bond acceptors (Lipinski definition) is 2. The van der Waals surface area contributed by atoms with Crippen molar-refractivity contribution in [1.29, 1.82) is 0 Å². The van der Waals surface area contributed by atoms with Crippen LogP contribution < -0.4 is 0 Å². The number of carbonyl (C=O) groups is 1. The molecule has 1 aliphatic rings. The van der Waals surface area contributed by atoms with E-state index in [-0.39, 0.29) is 11.5 Å². The fourth-order valence-electron chi connectivity index (χ4n) is 1.62. The Labute approximate surface area is 79.1 Å². The summed E-state index contributed by atoms with van der Waals surface area (Å²) in [5, 5.41) is 8.74. The molecule has 0 aliphatic carbocycles. The molecule has 13 heavy (non-hydrogen) atoms. The van der Waals surface area contributed by atoms with Crippen molar-refractivity contribution in [3.63, 3.8) is 0 Å². The molecule has 1 heterocycles. The normalized spacial score (nSPS) is 29.2. The fraction of sp³-hybridized carbons (Fsp3) is 0.900. The van der Waals surface area contributed by atoms with E-state index in [9.17, 15) is 4.79 Å². The second-order valence-corrected chi connectivity index (χ2v) is 4.37. The van der Waals surface area contributed by atoms with E-state index < -0.39 is 12.1 Å². The third-order valence-corrected chi connectivity index (χ3v) is 3.08. The zero-order valence-electron chi connectivity index (χ0n) is 8.54. The smallest absolute Gasteiger partial charge is 0.332 e. The van der Waals surface area contributed by atoms with E-state index in [1.807, 2.05) is 0 Å². The van der Waals surface area contributed by atoms with Crippen LogP contribution in [-0.2, 0) is 9.53 Å². The molecule has 1 rings (SSSR count).